The number of piperidine rings is 1. The van der Waals surface area contributed by atoms with Gasteiger partial charge in [-0.05, 0) is 59.4 Å². The van der Waals surface area contributed by atoms with Gasteiger partial charge in [-0.25, -0.2) is 4.79 Å². The lowest BCUT2D eigenvalue weighted by Gasteiger charge is -2.34. The minimum Gasteiger partial charge on any atom is -0.451 e. The summed E-state index contributed by atoms with van der Waals surface area (Å²) >= 11 is 0. The van der Waals surface area contributed by atoms with Gasteiger partial charge in [0.1, 0.15) is 11.2 Å². The predicted molar refractivity (Wildman–Crippen MR) is 119 cm³/mol. The van der Waals surface area contributed by atoms with Crippen molar-refractivity contribution in [1.29, 1.82) is 0 Å². The van der Waals surface area contributed by atoms with Gasteiger partial charge < -0.3 is 24.1 Å². The van der Waals surface area contributed by atoms with Crippen LogP contribution in [0.1, 0.15) is 63.6 Å². The average molecular weight is 431 g/mol. The number of carbonyl (C=O) groups is 2. The number of nitrogens with one attached hydrogen (secondary N) is 1. The lowest BCUT2D eigenvalue weighted by atomic mass is 9.98. The molecule has 2 amide bonds. The van der Waals surface area contributed by atoms with Crippen LogP contribution < -0.4 is 5.32 Å². The second kappa shape index (κ2) is 9.73. The smallest absolute Gasteiger partial charge is 0.410 e. The lowest BCUT2D eigenvalue weighted by Crippen LogP contribution is -2.45. The molecule has 1 aliphatic heterocycles. The topological polar surface area (TPSA) is 81.0 Å². The molecule has 7 nitrogen and oxygen atoms in total. The second-order valence-corrected chi connectivity index (χ2v) is 9.41. The first-order valence-corrected chi connectivity index (χ1v) is 11.0. The summed E-state index contributed by atoms with van der Waals surface area (Å²) in [5, 5.41) is 3.89. The molecular formula is C24H34N2O5. The summed E-state index contributed by atoms with van der Waals surface area (Å²) in [5.74, 6) is 0.208. The molecule has 1 aromatic heterocycles. The van der Waals surface area contributed by atoms with Gasteiger partial charge in [0.25, 0.3) is 5.91 Å². The van der Waals surface area contributed by atoms with Crippen molar-refractivity contribution in [3.8, 4) is 0 Å². The van der Waals surface area contributed by atoms with Crippen molar-refractivity contribution in [2.75, 3.05) is 19.6 Å². The number of hydrogen-bond donors (Lipinski definition) is 1. The number of carbonyl (C=O) groups excluding carboxylic acids is 2. The quantitative estimate of drug-likeness (QED) is 0.716. The molecule has 1 aliphatic rings. The summed E-state index contributed by atoms with van der Waals surface area (Å²) in [6, 6.07) is 7.60. The third kappa shape index (κ3) is 6.23. The van der Waals surface area contributed by atoms with E-state index in [-0.39, 0.29) is 24.0 Å². The summed E-state index contributed by atoms with van der Waals surface area (Å²) in [5.41, 5.74) is 0.915. The fourth-order valence-electron chi connectivity index (χ4n) is 3.72. The number of para-hydroxylation sites is 1. The molecule has 1 saturated heterocycles. The zero-order chi connectivity index (χ0) is 22.6. The Kier molecular flexibility index (Phi) is 7.26. The van der Waals surface area contributed by atoms with Gasteiger partial charge in [-0.1, -0.05) is 18.2 Å². The van der Waals surface area contributed by atoms with Crippen LogP contribution in [-0.4, -0.2) is 48.2 Å². The molecule has 2 aromatic rings. The predicted octanol–water partition coefficient (Wildman–Crippen LogP) is 4.73. The van der Waals surface area contributed by atoms with Crippen molar-refractivity contribution >= 4 is 23.0 Å². The first kappa shape index (κ1) is 23.1. The molecule has 0 spiro atoms. The van der Waals surface area contributed by atoms with E-state index in [1.165, 1.54) is 0 Å². The van der Waals surface area contributed by atoms with Gasteiger partial charge in [0.15, 0.2) is 5.76 Å². The molecule has 0 bridgehead atoms. The van der Waals surface area contributed by atoms with E-state index in [1.807, 2.05) is 58.9 Å². The highest BCUT2D eigenvalue weighted by Crippen LogP contribution is 2.27. The van der Waals surface area contributed by atoms with E-state index in [0.717, 1.165) is 23.8 Å². The third-order valence-electron chi connectivity index (χ3n) is 5.19. The minimum absolute atomic E-state index is 0.0469. The van der Waals surface area contributed by atoms with E-state index in [2.05, 4.69) is 5.32 Å². The maximum absolute atomic E-state index is 13.0. The number of benzene rings is 1. The highest BCUT2D eigenvalue weighted by atomic mass is 16.6. The molecule has 1 fully saturated rings. The van der Waals surface area contributed by atoms with Gasteiger partial charge in [-0.3, -0.25) is 4.79 Å². The number of fused-ring (bicyclic) bond motifs is 1. The Labute approximate surface area is 184 Å². The fraction of sp³-hybridized carbons (Fsp3) is 0.583. The van der Waals surface area contributed by atoms with Crippen LogP contribution in [0.5, 0.6) is 0 Å². The van der Waals surface area contributed by atoms with Crippen LogP contribution in [0.3, 0.4) is 0 Å². The van der Waals surface area contributed by atoms with Gasteiger partial charge in [-0.2, -0.15) is 0 Å². The Morgan fingerprint density at radius 2 is 2.00 bits per heavy atom. The van der Waals surface area contributed by atoms with Crippen LogP contribution in [0.25, 0.3) is 11.0 Å². The van der Waals surface area contributed by atoms with Crippen LogP contribution in [0.4, 0.5) is 4.79 Å². The summed E-state index contributed by atoms with van der Waals surface area (Å²) in [6.45, 7) is 11.5. The van der Waals surface area contributed by atoms with E-state index in [4.69, 9.17) is 13.9 Å². The lowest BCUT2D eigenvalue weighted by molar-refractivity contribution is 0.0167. The number of furan rings is 1. The average Bonchev–Trinajstić information content (AvgIpc) is 3.08. The van der Waals surface area contributed by atoms with E-state index in [1.54, 1.807) is 4.90 Å². The van der Waals surface area contributed by atoms with Gasteiger partial charge in [0.2, 0.25) is 0 Å². The minimum atomic E-state index is -0.520. The van der Waals surface area contributed by atoms with E-state index in [0.29, 0.717) is 37.6 Å². The number of rotatable bonds is 6. The molecule has 7 heteroatoms. The van der Waals surface area contributed by atoms with E-state index in [9.17, 15) is 9.59 Å². The number of hydrogen-bond acceptors (Lipinski definition) is 5. The SMILES string of the molecule is CC(C)OCc1c(C(=O)NCC2CCCN(C(=O)OC(C)(C)C)C2)oc2ccccc12. The van der Waals surface area contributed by atoms with Gasteiger partial charge >= 0.3 is 6.09 Å². The molecule has 1 N–H and O–H groups in total. The highest BCUT2D eigenvalue weighted by molar-refractivity contribution is 5.99. The maximum Gasteiger partial charge on any atom is 0.410 e. The molecule has 0 saturated carbocycles. The number of nitrogens with zero attached hydrogens (tertiary/aromatic N) is 1. The Morgan fingerprint density at radius 1 is 1.26 bits per heavy atom. The van der Waals surface area contributed by atoms with E-state index >= 15 is 0 Å². The Bertz CT molecular complexity index is 912. The Balaban J connectivity index is 1.64. The second-order valence-electron chi connectivity index (χ2n) is 9.41. The third-order valence-corrected chi connectivity index (χ3v) is 5.19. The molecular weight excluding hydrogens is 396 g/mol. The fourth-order valence-corrected chi connectivity index (χ4v) is 3.72. The first-order valence-electron chi connectivity index (χ1n) is 11.0. The Hall–Kier alpha value is -2.54. The zero-order valence-electron chi connectivity index (χ0n) is 19.2. The van der Waals surface area contributed by atoms with Gasteiger partial charge in [-0.15, -0.1) is 0 Å². The highest BCUT2D eigenvalue weighted by Gasteiger charge is 2.28. The zero-order valence-corrected chi connectivity index (χ0v) is 19.2. The number of likely N-dealkylation sites (tertiary alicyclic amines) is 1. The number of amides is 2. The number of ether oxygens (including phenoxy) is 2. The maximum atomic E-state index is 13.0. The standard InChI is InChI=1S/C24H34N2O5/c1-16(2)29-15-19-18-10-6-7-11-20(18)30-21(19)22(27)25-13-17-9-8-12-26(14-17)23(28)31-24(3,4)5/h6-7,10-11,16-17H,8-9,12-15H2,1-5H3,(H,25,27). The molecule has 2 heterocycles. The Morgan fingerprint density at radius 3 is 2.71 bits per heavy atom. The van der Waals surface area contributed by atoms with Crippen LogP contribution in [-0.2, 0) is 16.1 Å². The molecule has 0 radical (unpaired) electrons. The molecule has 31 heavy (non-hydrogen) atoms. The van der Waals surface area contributed by atoms with Crippen molar-refractivity contribution in [1.82, 2.24) is 10.2 Å². The van der Waals surface area contributed by atoms with Crippen molar-refractivity contribution in [2.24, 2.45) is 5.92 Å². The monoisotopic (exact) mass is 430 g/mol. The summed E-state index contributed by atoms with van der Waals surface area (Å²) in [6.07, 6.45) is 1.58. The summed E-state index contributed by atoms with van der Waals surface area (Å²) in [4.78, 5) is 27.1. The van der Waals surface area contributed by atoms with Crippen molar-refractivity contribution in [3.63, 3.8) is 0 Å². The van der Waals surface area contributed by atoms with Crippen LogP contribution in [0, 0.1) is 5.92 Å². The van der Waals surface area contributed by atoms with Gasteiger partial charge in [0, 0.05) is 30.6 Å². The summed E-state index contributed by atoms with van der Waals surface area (Å²) in [7, 11) is 0. The molecule has 0 aliphatic carbocycles. The largest absolute Gasteiger partial charge is 0.451 e. The summed E-state index contributed by atoms with van der Waals surface area (Å²) < 4.78 is 17.1. The van der Waals surface area contributed by atoms with Crippen LogP contribution in [0.15, 0.2) is 28.7 Å². The molecule has 1 aromatic carbocycles. The molecule has 3 rings (SSSR count). The van der Waals surface area contributed by atoms with Crippen LogP contribution in [0.2, 0.25) is 0 Å². The van der Waals surface area contributed by atoms with Crippen molar-refractivity contribution in [3.05, 3.63) is 35.6 Å². The van der Waals surface area contributed by atoms with Crippen molar-refractivity contribution < 1.29 is 23.5 Å². The molecule has 1 atom stereocenters. The van der Waals surface area contributed by atoms with Crippen molar-refractivity contribution in [2.45, 2.75) is 65.8 Å². The molecule has 170 valence electrons. The van der Waals surface area contributed by atoms with E-state index < -0.39 is 5.60 Å². The first-order chi connectivity index (χ1) is 14.6. The van der Waals surface area contributed by atoms with Crippen LogP contribution >= 0.6 is 0 Å². The normalized spacial score (nSPS) is 17.2. The van der Waals surface area contributed by atoms with Gasteiger partial charge in [0.05, 0.1) is 12.7 Å². The molecule has 1 unspecified atom stereocenters.